The van der Waals surface area contributed by atoms with Gasteiger partial charge < -0.3 is 20.6 Å². The Balaban J connectivity index is 1.59. The predicted octanol–water partition coefficient (Wildman–Crippen LogP) is 2.93. The van der Waals surface area contributed by atoms with Crippen LogP contribution in [0.25, 0.3) is 0 Å². The molecule has 2 saturated carbocycles. The Hall–Kier alpha value is -2.54. The summed E-state index contributed by atoms with van der Waals surface area (Å²) in [6, 6.07) is 3.65. The maximum Gasteiger partial charge on any atom is 0.255 e. The molecule has 0 aliphatic heterocycles. The van der Waals surface area contributed by atoms with E-state index in [9.17, 15) is 46.1 Å². The molecule has 1 amide bonds. The van der Waals surface area contributed by atoms with Crippen LogP contribution < -0.4 is 5.32 Å². The van der Waals surface area contributed by atoms with Crippen LogP contribution in [0.2, 0.25) is 0 Å². The van der Waals surface area contributed by atoms with Crippen molar-refractivity contribution in [2.45, 2.75) is 60.6 Å². The van der Waals surface area contributed by atoms with Gasteiger partial charge in [0.25, 0.3) is 5.91 Å². The molecule has 2 fully saturated rings. The molecular formula is C24H25F4NO6S. The number of aliphatic hydroxyl groups is 3. The first-order chi connectivity index (χ1) is 16.8. The summed E-state index contributed by atoms with van der Waals surface area (Å²) >= 11 is 0. The van der Waals surface area contributed by atoms with Gasteiger partial charge in [-0.1, -0.05) is 0 Å². The van der Waals surface area contributed by atoms with Crippen LogP contribution in [0.3, 0.4) is 0 Å². The Morgan fingerprint density at radius 3 is 2.08 bits per heavy atom. The lowest BCUT2D eigenvalue weighted by Crippen LogP contribution is -2.58. The number of nitrogens with one attached hydrogen (secondary N) is 1. The molecule has 4 N–H and O–H groups in total. The van der Waals surface area contributed by atoms with Crippen LogP contribution in [0.5, 0.6) is 0 Å². The van der Waals surface area contributed by atoms with Crippen LogP contribution in [0.4, 0.5) is 23.2 Å². The molecule has 2 aromatic carbocycles. The molecule has 12 heteroatoms. The summed E-state index contributed by atoms with van der Waals surface area (Å²) < 4.78 is 81.5. The SMILES string of the molecule is C[C@H](O)[C@@H](O)C1(O)C2CC[C@H]1CC(S(=O)(=O)c1cc(C(=O)Nc3cc(F)c(F)c(F)c3)ccc1F)C2. The molecule has 0 heterocycles. The van der Waals surface area contributed by atoms with E-state index in [2.05, 4.69) is 5.32 Å². The van der Waals surface area contributed by atoms with Crippen molar-refractivity contribution >= 4 is 21.4 Å². The normalized spacial score (nSPS) is 27.5. The van der Waals surface area contributed by atoms with Crippen LogP contribution in [0, 0.1) is 35.1 Å². The molecule has 0 spiro atoms. The number of halogens is 4. The smallest absolute Gasteiger partial charge is 0.255 e. The Bertz CT molecular complexity index is 1260. The number of benzene rings is 2. The van der Waals surface area contributed by atoms with Crippen molar-refractivity contribution in [2.75, 3.05) is 5.32 Å². The lowest BCUT2D eigenvalue weighted by molar-refractivity contribution is -0.172. The van der Waals surface area contributed by atoms with Gasteiger partial charge in [-0.15, -0.1) is 0 Å². The van der Waals surface area contributed by atoms with E-state index < -0.39 is 84.5 Å². The van der Waals surface area contributed by atoms with Crippen molar-refractivity contribution in [3.63, 3.8) is 0 Å². The lowest BCUT2D eigenvalue weighted by atomic mass is 9.70. The van der Waals surface area contributed by atoms with E-state index in [0.717, 1.165) is 18.2 Å². The van der Waals surface area contributed by atoms with Crippen LogP contribution in [-0.4, -0.2) is 52.7 Å². The zero-order chi connectivity index (χ0) is 26.6. The molecule has 36 heavy (non-hydrogen) atoms. The summed E-state index contributed by atoms with van der Waals surface area (Å²) in [7, 11) is -4.34. The second-order valence-corrected chi connectivity index (χ2v) is 11.7. The third kappa shape index (κ3) is 4.40. The largest absolute Gasteiger partial charge is 0.391 e. The molecule has 7 nitrogen and oxygen atoms in total. The molecule has 0 saturated heterocycles. The van der Waals surface area contributed by atoms with Crippen molar-refractivity contribution < 1.29 is 46.1 Å². The third-order valence-electron chi connectivity index (χ3n) is 7.38. The van der Waals surface area contributed by atoms with E-state index in [4.69, 9.17) is 0 Å². The summed E-state index contributed by atoms with van der Waals surface area (Å²) in [5.41, 5.74) is -2.41. The quantitative estimate of drug-likeness (QED) is 0.336. The summed E-state index contributed by atoms with van der Waals surface area (Å²) in [5, 5.41) is 32.3. The molecule has 6 atom stereocenters. The predicted molar refractivity (Wildman–Crippen MR) is 120 cm³/mol. The topological polar surface area (TPSA) is 124 Å². The lowest BCUT2D eigenvalue weighted by Gasteiger charge is -2.46. The van der Waals surface area contributed by atoms with E-state index in [1.54, 1.807) is 0 Å². The number of carbonyl (C=O) groups excluding carboxylic acids is 1. The van der Waals surface area contributed by atoms with Crippen molar-refractivity contribution in [3.05, 3.63) is 59.2 Å². The first kappa shape index (κ1) is 26.5. The van der Waals surface area contributed by atoms with Crippen LogP contribution in [0.15, 0.2) is 35.2 Å². The number of carbonyl (C=O) groups is 1. The molecule has 0 radical (unpaired) electrons. The minimum absolute atomic E-state index is 0.0802. The molecule has 2 bridgehead atoms. The zero-order valence-electron chi connectivity index (χ0n) is 19.1. The molecule has 4 rings (SSSR count). The Morgan fingerprint density at radius 2 is 1.56 bits per heavy atom. The fourth-order valence-electron chi connectivity index (χ4n) is 5.54. The second-order valence-electron chi connectivity index (χ2n) is 9.54. The number of amides is 1. The van der Waals surface area contributed by atoms with Gasteiger partial charge in [0.05, 0.1) is 17.0 Å². The average Bonchev–Trinajstić information content (AvgIpc) is 2.98. The minimum atomic E-state index is -4.34. The Labute approximate surface area is 204 Å². The summed E-state index contributed by atoms with van der Waals surface area (Å²) in [6.45, 7) is 1.32. The maximum absolute atomic E-state index is 14.7. The van der Waals surface area contributed by atoms with Gasteiger partial charge in [0.15, 0.2) is 27.3 Å². The highest BCUT2D eigenvalue weighted by molar-refractivity contribution is 7.92. The fourth-order valence-corrected chi connectivity index (χ4v) is 7.50. The van der Waals surface area contributed by atoms with Crippen LogP contribution in [0.1, 0.15) is 43.0 Å². The molecule has 196 valence electrons. The highest BCUT2D eigenvalue weighted by atomic mass is 32.2. The van der Waals surface area contributed by atoms with Crippen LogP contribution >= 0.6 is 0 Å². The van der Waals surface area contributed by atoms with E-state index in [1.807, 2.05) is 0 Å². The average molecular weight is 532 g/mol. The van der Waals surface area contributed by atoms with Gasteiger partial charge in [0, 0.05) is 23.4 Å². The second kappa shape index (κ2) is 9.40. The van der Waals surface area contributed by atoms with Gasteiger partial charge in [-0.25, -0.2) is 26.0 Å². The van der Waals surface area contributed by atoms with Gasteiger partial charge in [-0.3, -0.25) is 4.79 Å². The van der Waals surface area contributed by atoms with Gasteiger partial charge in [0.2, 0.25) is 0 Å². The molecule has 2 aromatic rings. The number of fused-ring (bicyclic) bond motifs is 2. The zero-order valence-corrected chi connectivity index (χ0v) is 19.9. The van der Waals surface area contributed by atoms with Gasteiger partial charge in [-0.2, -0.15) is 0 Å². The van der Waals surface area contributed by atoms with E-state index in [1.165, 1.54) is 6.92 Å². The standard InChI is InChI=1S/C24H25F4NO6S/c1-11(30)22(31)24(33)13-3-4-14(24)8-16(7-13)36(34,35)20-6-12(2-5-17(20)25)23(32)29-15-9-18(26)21(28)19(27)10-15/h2,5-6,9-11,13-14,16,22,30-31,33H,3-4,7-8H2,1H3,(H,29,32)/t11-,13-,14?,16?,22+,24?/m0/s1. The first-order valence-electron chi connectivity index (χ1n) is 11.3. The van der Waals surface area contributed by atoms with Gasteiger partial charge >= 0.3 is 0 Å². The number of anilines is 1. The summed E-state index contributed by atoms with van der Waals surface area (Å²) in [4.78, 5) is 11.8. The highest BCUT2D eigenvalue weighted by Gasteiger charge is 2.59. The summed E-state index contributed by atoms with van der Waals surface area (Å²) in [6.07, 6.45) is -2.02. The van der Waals surface area contributed by atoms with Crippen molar-refractivity contribution in [2.24, 2.45) is 11.8 Å². The van der Waals surface area contributed by atoms with E-state index in [-0.39, 0.29) is 18.4 Å². The summed E-state index contributed by atoms with van der Waals surface area (Å²) in [5.74, 6) is -8.20. The molecule has 3 unspecified atom stereocenters. The highest BCUT2D eigenvalue weighted by Crippen LogP contribution is 2.53. The fraction of sp³-hybridized carbons (Fsp3) is 0.458. The number of hydrogen-bond donors (Lipinski definition) is 4. The number of sulfone groups is 1. The molecule has 0 aromatic heterocycles. The van der Waals surface area contributed by atoms with Gasteiger partial charge in [0.1, 0.15) is 16.8 Å². The third-order valence-corrected chi connectivity index (χ3v) is 9.57. The Morgan fingerprint density at radius 1 is 1.00 bits per heavy atom. The van der Waals surface area contributed by atoms with Crippen molar-refractivity contribution in [1.29, 1.82) is 0 Å². The molecular weight excluding hydrogens is 506 g/mol. The van der Waals surface area contributed by atoms with E-state index in [0.29, 0.717) is 25.0 Å². The van der Waals surface area contributed by atoms with Gasteiger partial charge in [-0.05, 0) is 62.6 Å². The van der Waals surface area contributed by atoms with E-state index >= 15 is 0 Å². The number of hydrogen-bond acceptors (Lipinski definition) is 6. The minimum Gasteiger partial charge on any atom is -0.391 e. The van der Waals surface area contributed by atoms with Crippen LogP contribution in [-0.2, 0) is 9.84 Å². The molecule has 2 aliphatic rings. The maximum atomic E-state index is 14.7. The number of rotatable bonds is 6. The number of aliphatic hydroxyl groups excluding tert-OH is 2. The van der Waals surface area contributed by atoms with Crippen molar-refractivity contribution in [1.82, 2.24) is 0 Å². The Kier molecular flexibility index (Phi) is 6.93. The first-order valence-corrected chi connectivity index (χ1v) is 12.9. The monoisotopic (exact) mass is 531 g/mol. The molecule has 2 aliphatic carbocycles. The van der Waals surface area contributed by atoms with Crippen molar-refractivity contribution in [3.8, 4) is 0 Å².